The van der Waals surface area contributed by atoms with E-state index in [1.54, 1.807) is 5.57 Å². The lowest BCUT2D eigenvalue weighted by atomic mass is 9.33. The Bertz CT molecular complexity index is 2210. The van der Waals surface area contributed by atoms with Gasteiger partial charge < -0.3 is 14.7 Å². The molecule has 9 rings (SSSR count). The molecule has 0 saturated heterocycles. The Labute approximate surface area is 373 Å². The summed E-state index contributed by atoms with van der Waals surface area (Å²) in [6.45, 7) is 18.7. The van der Waals surface area contributed by atoms with Crippen molar-refractivity contribution < 1.29 is 19.2 Å². The fraction of sp³-hybridized carbons (Fsp3) is 0.544. The molecule has 0 bridgehead atoms. The number of unbranched alkanes of at least 4 members (excludes halogenated alkanes) is 1. The standard InChI is InChI=1S/C57H73N2O3/c1-52(2)32-34-57(35-33-55(6)46(47(57)40-52)24-25-49-54(5)30-27-50(60)53(3,4)48(54)26-31-56(49,55)7)51(61)62-39-15-14-36-58-37-28-42(29-38-58)41-20-22-45(23-21-41)59(43-16-10-8-11-17-43)44-18-12-9-13-19-44/h8-13,16-24,28-29,37-38,47-50,60H,14-15,25-27,30-36,39-40H2,1-7H3/q+1/t47-,48-,49+,50-,54-,55+,56+,57-/m0/s1. The number of esters is 1. The first kappa shape index (κ1) is 43.1. The number of pyridine rings is 1. The summed E-state index contributed by atoms with van der Waals surface area (Å²) >= 11 is 0. The first-order chi connectivity index (χ1) is 29.6. The molecule has 0 radical (unpaired) electrons. The van der Waals surface area contributed by atoms with Crippen LogP contribution in [0.1, 0.15) is 126 Å². The number of benzene rings is 3. The molecule has 4 saturated carbocycles. The van der Waals surface area contributed by atoms with Crippen LogP contribution in [0.4, 0.5) is 17.1 Å². The van der Waals surface area contributed by atoms with Gasteiger partial charge in [0.1, 0.15) is 6.54 Å². The van der Waals surface area contributed by atoms with Crippen molar-refractivity contribution in [2.24, 2.45) is 50.2 Å². The molecular weight excluding hydrogens is 761 g/mol. The number of carbonyl (C=O) groups excluding carboxylic acids is 1. The highest BCUT2D eigenvalue weighted by atomic mass is 16.5. The number of rotatable bonds is 10. The number of para-hydroxylation sites is 2. The molecule has 5 aliphatic carbocycles. The van der Waals surface area contributed by atoms with Gasteiger partial charge in [0.05, 0.1) is 18.1 Å². The Morgan fingerprint density at radius 2 is 1.31 bits per heavy atom. The average molecular weight is 834 g/mol. The fourth-order valence-electron chi connectivity index (χ4n) is 14.5. The highest BCUT2D eigenvalue weighted by molar-refractivity contribution is 5.79. The van der Waals surface area contributed by atoms with Crippen molar-refractivity contribution in [2.45, 2.75) is 138 Å². The smallest absolute Gasteiger partial charge is 0.312 e. The van der Waals surface area contributed by atoms with E-state index in [1.165, 1.54) is 24.0 Å². The van der Waals surface area contributed by atoms with Crippen LogP contribution in [0.25, 0.3) is 11.1 Å². The number of hydrogen-bond donors (Lipinski definition) is 1. The molecule has 1 N–H and O–H groups in total. The predicted octanol–water partition coefficient (Wildman–Crippen LogP) is 13.6. The molecule has 0 aliphatic heterocycles. The summed E-state index contributed by atoms with van der Waals surface area (Å²) in [6, 6.07) is 34.3. The maximum atomic E-state index is 14.6. The summed E-state index contributed by atoms with van der Waals surface area (Å²) < 4.78 is 8.62. The number of aliphatic hydroxyl groups is 1. The number of aliphatic hydroxyl groups excluding tert-OH is 1. The van der Waals surface area contributed by atoms with E-state index >= 15 is 0 Å². The Kier molecular flexibility index (Phi) is 11.2. The molecule has 5 aliphatic rings. The lowest BCUT2D eigenvalue weighted by Crippen LogP contribution is -2.65. The van der Waals surface area contributed by atoms with Gasteiger partial charge in [-0.1, -0.05) is 109 Å². The maximum Gasteiger partial charge on any atom is 0.312 e. The van der Waals surface area contributed by atoms with Crippen LogP contribution >= 0.6 is 0 Å². The van der Waals surface area contributed by atoms with Gasteiger partial charge in [-0.15, -0.1) is 0 Å². The van der Waals surface area contributed by atoms with Crippen molar-refractivity contribution in [3.63, 3.8) is 0 Å². The number of aromatic nitrogens is 1. The second-order valence-corrected chi connectivity index (χ2v) is 22.5. The third-order valence-electron chi connectivity index (χ3n) is 18.4. The van der Waals surface area contributed by atoms with Gasteiger partial charge in [-0.05, 0) is 163 Å². The van der Waals surface area contributed by atoms with E-state index in [0.29, 0.717) is 18.4 Å². The number of anilines is 3. The van der Waals surface area contributed by atoms with Crippen molar-refractivity contribution >= 4 is 23.0 Å². The third kappa shape index (κ3) is 7.17. The van der Waals surface area contributed by atoms with Crippen LogP contribution in [0.5, 0.6) is 0 Å². The number of ether oxygens (including phenoxy) is 1. The van der Waals surface area contributed by atoms with E-state index in [1.807, 2.05) is 0 Å². The highest BCUT2D eigenvalue weighted by Crippen LogP contribution is 2.76. The van der Waals surface area contributed by atoms with Gasteiger partial charge in [0.15, 0.2) is 12.4 Å². The van der Waals surface area contributed by atoms with Gasteiger partial charge >= 0.3 is 5.97 Å². The Hall–Kier alpha value is -4.22. The molecule has 0 amide bonds. The van der Waals surface area contributed by atoms with Gasteiger partial charge in [-0.2, -0.15) is 0 Å². The summed E-state index contributed by atoms with van der Waals surface area (Å²) in [4.78, 5) is 16.9. The normalized spacial score (nSPS) is 33.1. The van der Waals surface area contributed by atoms with Gasteiger partial charge in [-0.25, -0.2) is 4.57 Å². The fourth-order valence-corrected chi connectivity index (χ4v) is 14.5. The summed E-state index contributed by atoms with van der Waals surface area (Å²) in [5, 5.41) is 11.1. The zero-order valence-corrected chi connectivity index (χ0v) is 38.8. The molecule has 3 aromatic carbocycles. The van der Waals surface area contributed by atoms with Crippen LogP contribution < -0.4 is 9.47 Å². The van der Waals surface area contributed by atoms with E-state index in [0.717, 1.165) is 87.8 Å². The van der Waals surface area contributed by atoms with E-state index in [-0.39, 0.29) is 45.1 Å². The van der Waals surface area contributed by atoms with Gasteiger partial charge in [-0.3, -0.25) is 4.79 Å². The predicted molar refractivity (Wildman–Crippen MR) is 252 cm³/mol. The van der Waals surface area contributed by atoms with E-state index in [4.69, 9.17) is 4.74 Å². The van der Waals surface area contributed by atoms with Crippen LogP contribution in [0.3, 0.4) is 0 Å². The Morgan fingerprint density at radius 1 is 0.694 bits per heavy atom. The lowest BCUT2D eigenvalue weighted by molar-refractivity contribution is -0.697. The summed E-state index contributed by atoms with van der Waals surface area (Å²) in [6.07, 6.45) is 19.3. The lowest BCUT2D eigenvalue weighted by Gasteiger charge is -2.71. The number of hydrogen-bond acceptors (Lipinski definition) is 4. The molecule has 4 fully saturated rings. The number of aryl methyl sites for hydroxylation is 1. The van der Waals surface area contributed by atoms with Crippen LogP contribution in [0.15, 0.2) is 121 Å². The second-order valence-electron chi connectivity index (χ2n) is 22.5. The number of fused-ring (bicyclic) bond motifs is 7. The van der Waals surface area contributed by atoms with Gasteiger partial charge in [0.25, 0.3) is 0 Å². The molecule has 328 valence electrons. The van der Waals surface area contributed by atoms with Gasteiger partial charge in [0, 0.05) is 35.6 Å². The Morgan fingerprint density at radius 3 is 1.97 bits per heavy atom. The topological polar surface area (TPSA) is 53.7 Å². The molecule has 1 heterocycles. The minimum Gasteiger partial charge on any atom is -0.465 e. The molecule has 5 nitrogen and oxygen atoms in total. The Balaban J connectivity index is 0.833. The summed E-state index contributed by atoms with van der Waals surface area (Å²) in [7, 11) is 0. The molecule has 4 aromatic rings. The van der Waals surface area contributed by atoms with E-state index in [2.05, 4.69) is 173 Å². The van der Waals surface area contributed by atoms with Crippen LogP contribution in [0.2, 0.25) is 0 Å². The highest BCUT2D eigenvalue weighted by Gasteiger charge is 2.69. The van der Waals surface area contributed by atoms with Crippen LogP contribution in [-0.4, -0.2) is 23.8 Å². The molecule has 5 heteroatoms. The number of allylic oxidation sites excluding steroid dienone is 2. The van der Waals surface area contributed by atoms with Gasteiger partial charge in [0.2, 0.25) is 0 Å². The molecule has 0 spiro atoms. The van der Waals surface area contributed by atoms with Crippen LogP contribution in [-0.2, 0) is 16.1 Å². The molecular formula is C57H73N2O3+. The molecule has 8 atom stereocenters. The molecule has 0 unspecified atom stereocenters. The monoisotopic (exact) mass is 834 g/mol. The van der Waals surface area contributed by atoms with Crippen molar-refractivity contribution in [3.05, 3.63) is 121 Å². The van der Waals surface area contributed by atoms with Crippen molar-refractivity contribution in [1.29, 1.82) is 0 Å². The average Bonchev–Trinajstić information content (AvgIpc) is 3.26. The first-order valence-corrected chi connectivity index (χ1v) is 24.2. The van der Waals surface area contributed by atoms with Crippen molar-refractivity contribution in [2.75, 3.05) is 11.5 Å². The zero-order valence-electron chi connectivity index (χ0n) is 38.8. The third-order valence-corrected chi connectivity index (χ3v) is 18.4. The maximum absolute atomic E-state index is 14.6. The first-order valence-electron chi connectivity index (χ1n) is 24.2. The molecule has 1 aromatic heterocycles. The molecule has 62 heavy (non-hydrogen) atoms. The largest absolute Gasteiger partial charge is 0.465 e. The van der Waals surface area contributed by atoms with E-state index < -0.39 is 5.41 Å². The minimum atomic E-state index is -0.410. The van der Waals surface area contributed by atoms with E-state index in [9.17, 15) is 9.90 Å². The van der Waals surface area contributed by atoms with Crippen molar-refractivity contribution in [3.8, 4) is 11.1 Å². The number of nitrogens with zero attached hydrogens (tertiary/aromatic N) is 2. The summed E-state index contributed by atoms with van der Waals surface area (Å²) in [5.74, 6) is 1.47. The second kappa shape index (κ2) is 16.1. The minimum absolute atomic E-state index is 0.0504. The SMILES string of the molecule is CC1(C)CC[C@]2(C(=O)OCCCC[n+]3ccc(-c4ccc(N(c5ccccc5)c5ccccc5)cc4)cc3)CC[C@]3(C)C(=CC[C@@H]4[C@@]5(C)CC[C@H](O)C(C)(C)[C@@H]5CC[C@]43C)[C@@H]2C1. The quantitative estimate of drug-likeness (QED) is 0.0748. The van der Waals surface area contributed by atoms with Crippen LogP contribution in [0, 0.1) is 50.2 Å². The summed E-state index contributed by atoms with van der Waals surface area (Å²) in [5.41, 5.74) is 7.61. The van der Waals surface area contributed by atoms with Crippen molar-refractivity contribution in [1.82, 2.24) is 0 Å². The number of carbonyl (C=O) groups is 1. The zero-order chi connectivity index (χ0) is 43.5.